The van der Waals surface area contributed by atoms with Crippen molar-refractivity contribution >= 4 is 28.9 Å². The number of para-hydroxylation sites is 1. The van der Waals surface area contributed by atoms with Crippen LogP contribution >= 0.6 is 0 Å². The zero-order valence-electron chi connectivity index (χ0n) is 20.1. The van der Waals surface area contributed by atoms with Gasteiger partial charge in [0.2, 0.25) is 11.8 Å². The minimum Gasteiger partial charge on any atom is -0.444 e. The summed E-state index contributed by atoms with van der Waals surface area (Å²) in [6.07, 6.45) is 1.31. The summed E-state index contributed by atoms with van der Waals surface area (Å²) in [5.74, 6) is -0.766. The van der Waals surface area contributed by atoms with Crippen molar-refractivity contribution in [3.8, 4) is 0 Å². The van der Waals surface area contributed by atoms with Crippen molar-refractivity contribution in [2.45, 2.75) is 64.2 Å². The van der Waals surface area contributed by atoms with E-state index in [1.165, 1.54) is 4.57 Å². The van der Waals surface area contributed by atoms with Crippen LogP contribution in [-0.4, -0.2) is 63.3 Å². The summed E-state index contributed by atoms with van der Waals surface area (Å²) in [7, 11) is 1.69. The number of morpholine rings is 1. The molecular weight excluding hydrogens is 440 g/mol. The molecule has 3 heterocycles. The number of amides is 3. The van der Waals surface area contributed by atoms with Crippen LogP contribution in [0.15, 0.2) is 23.0 Å². The van der Waals surface area contributed by atoms with Crippen molar-refractivity contribution in [3.63, 3.8) is 0 Å². The average molecular weight is 473 g/mol. The Balaban J connectivity index is 1.52. The van der Waals surface area contributed by atoms with Crippen LogP contribution in [0, 0.1) is 0 Å². The number of imidazole rings is 1. The first-order valence-electron chi connectivity index (χ1n) is 11.7. The first kappa shape index (κ1) is 24.0. The minimum atomic E-state index is -0.715. The Hall–Kier alpha value is -3.14. The number of imide groups is 1. The van der Waals surface area contributed by atoms with Crippen LogP contribution in [0.1, 0.15) is 51.6 Å². The Morgan fingerprint density at radius 3 is 2.71 bits per heavy atom. The van der Waals surface area contributed by atoms with E-state index in [2.05, 4.69) is 5.32 Å². The summed E-state index contributed by atoms with van der Waals surface area (Å²) >= 11 is 0. The maximum Gasteiger partial charge on any atom is 0.410 e. The van der Waals surface area contributed by atoms with Crippen LogP contribution in [0.5, 0.6) is 0 Å². The number of aromatic nitrogens is 2. The van der Waals surface area contributed by atoms with Crippen molar-refractivity contribution in [2.24, 2.45) is 7.05 Å². The molecule has 1 aromatic heterocycles. The molecule has 3 amide bonds. The number of carbonyl (C=O) groups excluding carboxylic acids is 3. The molecule has 2 saturated heterocycles. The SMILES string of the molecule is Cn1c(=O)n(C2CCC(=O)NC2=O)c2cccc(CC[C@H]3CN(C(=O)OC(C)(C)C)CCO3)c21. The highest BCUT2D eigenvalue weighted by Gasteiger charge is 2.32. The molecule has 34 heavy (non-hydrogen) atoms. The number of benzene rings is 1. The number of hydrogen-bond acceptors (Lipinski definition) is 6. The molecule has 1 unspecified atom stereocenters. The Kier molecular flexibility index (Phi) is 6.53. The van der Waals surface area contributed by atoms with Gasteiger partial charge >= 0.3 is 11.8 Å². The molecule has 4 rings (SSSR count). The molecule has 0 bridgehead atoms. The molecule has 0 spiro atoms. The lowest BCUT2D eigenvalue weighted by Crippen LogP contribution is -2.47. The van der Waals surface area contributed by atoms with Crippen LogP contribution in [-0.2, 0) is 32.5 Å². The van der Waals surface area contributed by atoms with Gasteiger partial charge in [-0.2, -0.15) is 0 Å². The fraction of sp³-hybridized carbons (Fsp3) is 0.583. The Labute approximate surface area is 197 Å². The van der Waals surface area contributed by atoms with Crippen LogP contribution in [0.3, 0.4) is 0 Å². The summed E-state index contributed by atoms with van der Waals surface area (Å²) in [6, 6.07) is 4.94. The van der Waals surface area contributed by atoms with Crippen LogP contribution in [0.2, 0.25) is 0 Å². The lowest BCUT2D eigenvalue weighted by molar-refractivity contribution is -0.135. The molecule has 2 atom stereocenters. The van der Waals surface area contributed by atoms with E-state index in [9.17, 15) is 19.2 Å². The average Bonchev–Trinajstić information content (AvgIpc) is 3.02. The highest BCUT2D eigenvalue weighted by molar-refractivity contribution is 6.00. The van der Waals surface area contributed by atoms with E-state index in [0.717, 1.165) is 11.1 Å². The van der Waals surface area contributed by atoms with Crippen LogP contribution in [0.25, 0.3) is 11.0 Å². The second-order valence-electron chi connectivity index (χ2n) is 9.92. The largest absolute Gasteiger partial charge is 0.444 e. The van der Waals surface area contributed by atoms with Gasteiger partial charge in [0.15, 0.2) is 0 Å². The van der Waals surface area contributed by atoms with E-state index in [-0.39, 0.29) is 30.2 Å². The van der Waals surface area contributed by atoms with Crippen molar-refractivity contribution in [1.82, 2.24) is 19.4 Å². The Morgan fingerprint density at radius 2 is 2.00 bits per heavy atom. The smallest absolute Gasteiger partial charge is 0.410 e. The second kappa shape index (κ2) is 9.25. The molecule has 2 aliphatic rings. The van der Waals surface area contributed by atoms with Gasteiger partial charge in [-0.25, -0.2) is 9.59 Å². The molecule has 10 heteroatoms. The fourth-order valence-electron chi connectivity index (χ4n) is 4.65. The first-order valence-corrected chi connectivity index (χ1v) is 11.7. The number of piperidine rings is 1. The van der Waals surface area contributed by atoms with Crippen molar-refractivity contribution in [1.29, 1.82) is 0 Å². The van der Waals surface area contributed by atoms with Gasteiger partial charge in [0, 0.05) is 20.0 Å². The summed E-state index contributed by atoms with van der Waals surface area (Å²) < 4.78 is 14.4. The molecule has 184 valence electrons. The number of fused-ring (bicyclic) bond motifs is 1. The molecule has 2 fully saturated rings. The van der Waals surface area contributed by atoms with E-state index in [4.69, 9.17) is 9.47 Å². The summed E-state index contributed by atoms with van der Waals surface area (Å²) in [5, 5.41) is 2.33. The zero-order chi connectivity index (χ0) is 24.6. The van der Waals surface area contributed by atoms with Crippen molar-refractivity contribution < 1.29 is 23.9 Å². The third kappa shape index (κ3) is 4.86. The van der Waals surface area contributed by atoms with Crippen molar-refractivity contribution in [3.05, 3.63) is 34.2 Å². The quantitative estimate of drug-likeness (QED) is 0.680. The molecule has 1 aromatic carbocycles. The van der Waals surface area contributed by atoms with Gasteiger partial charge in [0.25, 0.3) is 0 Å². The lowest BCUT2D eigenvalue weighted by Gasteiger charge is -2.34. The number of aryl methyl sites for hydroxylation is 2. The molecule has 0 saturated carbocycles. The van der Waals surface area contributed by atoms with Crippen molar-refractivity contribution in [2.75, 3.05) is 19.7 Å². The lowest BCUT2D eigenvalue weighted by atomic mass is 10.0. The van der Waals surface area contributed by atoms with Gasteiger partial charge in [-0.1, -0.05) is 12.1 Å². The Bertz CT molecular complexity index is 1170. The highest BCUT2D eigenvalue weighted by atomic mass is 16.6. The first-order chi connectivity index (χ1) is 16.0. The predicted molar refractivity (Wildman–Crippen MR) is 124 cm³/mol. The maximum absolute atomic E-state index is 13.1. The number of hydrogen-bond donors (Lipinski definition) is 1. The number of nitrogens with zero attached hydrogens (tertiary/aromatic N) is 3. The molecule has 2 aromatic rings. The predicted octanol–water partition coefficient (Wildman–Crippen LogP) is 1.89. The molecule has 2 aliphatic heterocycles. The van der Waals surface area contributed by atoms with Gasteiger partial charge in [0.1, 0.15) is 11.6 Å². The highest BCUT2D eigenvalue weighted by Crippen LogP contribution is 2.26. The third-order valence-corrected chi connectivity index (χ3v) is 6.23. The van der Waals surface area contributed by atoms with E-state index in [1.807, 2.05) is 39.0 Å². The Morgan fingerprint density at radius 1 is 1.24 bits per heavy atom. The van der Waals surface area contributed by atoms with Gasteiger partial charge in [-0.15, -0.1) is 0 Å². The molecule has 1 N–H and O–H groups in total. The second-order valence-corrected chi connectivity index (χ2v) is 9.92. The van der Waals surface area contributed by atoms with Gasteiger partial charge in [-0.05, 0) is 51.7 Å². The number of nitrogens with one attached hydrogen (secondary N) is 1. The minimum absolute atomic E-state index is 0.147. The summed E-state index contributed by atoms with van der Waals surface area (Å²) in [6.45, 7) is 6.90. The van der Waals surface area contributed by atoms with Crippen LogP contribution in [0.4, 0.5) is 4.79 Å². The van der Waals surface area contributed by atoms with Crippen LogP contribution < -0.4 is 11.0 Å². The molecule has 0 radical (unpaired) electrons. The summed E-state index contributed by atoms with van der Waals surface area (Å²) in [4.78, 5) is 51.2. The fourth-order valence-corrected chi connectivity index (χ4v) is 4.65. The molecule has 0 aliphatic carbocycles. The molecule has 10 nitrogen and oxygen atoms in total. The van der Waals surface area contributed by atoms with Gasteiger partial charge < -0.3 is 14.4 Å². The number of rotatable bonds is 4. The standard InChI is InChI=1S/C24H32N4O6/c1-24(2,3)34-23(32)27-12-13-33-16(14-27)9-8-15-6-5-7-17-20(15)26(4)22(31)28(17)18-10-11-19(29)25-21(18)30/h5-7,16,18H,8-14H2,1-4H3,(H,25,29,30)/t16-,18?/m0/s1. The normalized spacial score (nSPS) is 21.6. The van der Waals surface area contributed by atoms with E-state index < -0.39 is 17.6 Å². The van der Waals surface area contributed by atoms with Gasteiger partial charge in [-0.3, -0.25) is 24.0 Å². The van der Waals surface area contributed by atoms with Gasteiger partial charge in [0.05, 0.1) is 30.3 Å². The zero-order valence-corrected chi connectivity index (χ0v) is 20.1. The molecular formula is C24H32N4O6. The number of carbonyl (C=O) groups is 3. The van der Waals surface area contributed by atoms with E-state index in [0.29, 0.717) is 44.5 Å². The summed E-state index contributed by atoms with van der Waals surface area (Å²) in [5.41, 5.74) is 1.54. The topological polar surface area (TPSA) is 112 Å². The van der Waals surface area contributed by atoms with E-state index >= 15 is 0 Å². The third-order valence-electron chi connectivity index (χ3n) is 6.23. The monoisotopic (exact) mass is 472 g/mol. The maximum atomic E-state index is 13.1. The van der Waals surface area contributed by atoms with E-state index in [1.54, 1.807) is 16.5 Å². The number of ether oxygens (including phenoxy) is 2.